The van der Waals surface area contributed by atoms with Gasteiger partial charge in [0.15, 0.2) is 0 Å². The number of hydrogen-bond donors (Lipinski definition) is 2. The number of benzene rings is 1. The van der Waals surface area contributed by atoms with E-state index in [4.69, 9.17) is 4.98 Å². The second kappa shape index (κ2) is 9.04. The summed E-state index contributed by atoms with van der Waals surface area (Å²) in [5, 5.41) is 7.15. The number of imidazole rings is 1. The van der Waals surface area contributed by atoms with Gasteiger partial charge in [0.1, 0.15) is 17.2 Å². The van der Waals surface area contributed by atoms with Crippen molar-refractivity contribution in [1.82, 2.24) is 25.3 Å². The largest absolute Gasteiger partial charge is 0.338 e. The molecule has 1 aromatic carbocycles. The van der Waals surface area contributed by atoms with Crippen LogP contribution < -0.4 is 20.5 Å². The van der Waals surface area contributed by atoms with Crippen LogP contribution >= 0.6 is 0 Å². The normalized spacial score (nSPS) is 13.0. The molecule has 2 aromatic heterocycles. The molecule has 2 N–H and O–H groups in total. The molecular weight excluding hydrogens is 413 g/mol. The van der Waals surface area contributed by atoms with E-state index in [1.54, 1.807) is 41.3 Å². The standard InChI is InChI=1S/C22H24FN7O2/c1-3-25-21(31)28-13-14-29(22(32)26-4-2)30-19(16-9-11-24-12-10-16)18(27-20(28)30)15-5-7-17(23)8-6-15/h5-12H,3-4,13-14H2,1-2H3,(H,25,31)(H,26,32). The molecule has 0 saturated heterocycles. The number of carbonyl (C=O) groups is 2. The van der Waals surface area contributed by atoms with E-state index in [-0.39, 0.29) is 31.0 Å². The van der Waals surface area contributed by atoms with Crippen molar-refractivity contribution < 1.29 is 14.0 Å². The molecule has 0 aliphatic carbocycles. The van der Waals surface area contributed by atoms with Crippen molar-refractivity contribution in [2.24, 2.45) is 0 Å². The van der Waals surface area contributed by atoms with Crippen LogP contribution in [0.15, 0.2) is 48.8 Å². The highest BCUT2D eigenvalue weighted by Crippen LogP contribution is 2.37. The highest BCUT2D eigenvalue weighted by Gasteiger charge is 2.35. The average molecular weight is 437 g/mol. The zero-order valence-corrected chi connectivity index (χ0v) is 17.9. The van der Waals surface area contributed by atoms with Crippen molar-refractivity contribution in [2.45, 2.75) is 13.8 Å². The Morgan fingerprint density at radius 2 is 1.59 bits per heavy atom. The van der Waals surface area contributed by atoms with E-state index in [1.807, 2.05) is 13.8 Å². The summed E-state index contributed by atoms with van der Waals surface area (Å²) in [7, 11) is 0. The quantitative estimate of drug-likeness (QED) is 0.656. The Hall–Kier alpha value is -3.95. The van der Waals surface area contributed by atoms with E-state index >= 15 is 0 Å². The third kappa shape index (κ3) is 3.86. The van der Waals surface area contributed by atoms with E-state index in [9.17, 15) is 14.0 Å². The summed E-state index contributed by atoms with van der Waals surface area (Å²) in [4.78, 5) is 36.1. The summed E-state index contributed by atoms with van der Waals surface area (Å²) in [5.41, 5.74) is 2.54. The number of nitrogens with one attached hydrogen (secondary N) is 2. The number of halogens is 1. The molecule has 0 atom stereocenters. The third-order valence-corrected chi connectivity index (χ3v) is 5.06. The second-order valence-corrected chi connectivity index (χ2v) is 7.11. The second-order valence-electron chi connectivity index (χ2n) is 7.11. The number of anilines is 1. The average Bonchev–Trinajstić information content (AvgIpc) is 3.20. The van der Waals surface area contributed by atoms with Crippen molar-refractivity contribution in [1.29, 1.82) is 0 Å². The Morgan fingerprint density at radius 1 is 0.938 bits per heavy atom. The van der Waals surface area contributed by atoms with Gasteiger partial charge in [-0.2, -0.15) is 0 Å². The molecule has 0 fully saturated rings. The number of hydrogen-bond acceptors (Lipinski definition) is 4. The number of amides is 4. The molecule has 1 aliphatic rings. The summed E-state index contributed by atoms with van der Waals surface area (Å²) in [6.45, 7) is 5.13. The van der Waals surface area contributed by atoms with Crippen LogP contribution in [-0.2, 0) is 0 Å². The molecular formula is C22H24FN7O2. The Labute approximate surface area is 184 Å². The molecule has 0 unspecified atom stereocenters. The maximum Gasteiger partial charge on any atom is 0.336 e. The third-order valence-electron chi connectivity index (χ3n) is 5.06. The van der Waals surface area contributed by atoms with Crippen molar-refractivity contribution in [2.75, 3.05) is 36.1 Å². The Bertz CT molecular complexity index is 1120. The number of nitrogens with zero attached hydrogens (tertiary/aromatic N) is 5. The summed E-state index contributed by atoms with van der Waals surface area (Å²) < 4.78 is 15.3. The molecule has 32 heavy (non-hydrogen) atoms. The van der Waals surface area contributed by atoms with Gasteiger partial charge in [-0.25, -0.2) is 28.6 Å². The monoisotopic (exact) mass is 437 g/mol. The fourth-order valence-electron chi connectivity index (χ4n) is 3.65. The zero-order valence-electron chi connectivity index (χ0n) is 17.9. The highest BCUT2D eigenvalue weighted by atomic mass is 19.1. The first-order chi connectivity index (χ1) is 15.5. The van der Waals surface area contributed by atoms with Crippen LogP contribution in [0.1, 0.15) is 13.8 Å². The zero-order chi connectivity index (χ0) is 22.7. The fraction of sp³-hybridized carbons (Fsp3) is 0.273. The molecule has 0 saturated carbocycles. The van der Waals surface area contributed by atoms with Gasteiger partial charge in [0.05, 0.1) is 13.1 Å². The van der Waals surface area contributed by atoms with Crippen LogP contribution in [0.4, 0.5) is 19.9 Å². The van der Waals surface area contributed by atoms with Crippen molar-refractivity contribution in [3.8, 4) is 22.5 Å². The molecule has 0 bridgehead atoms. The number of rotatable bonds is 4. The summed E-state index contributed by atoms with van der Waals surface area (Å²) in [6, 6.07) is 8.96. The molecule has 9 nitrogen and oxygen atoms in total. The van der Waals surface area contributed by atoms with Crippen LogP contribution in [0, 0.1) is 5.82 Å². The first-order valence-corrected chi connectivity index (χ1v) is 10.4. The van der Waals surface area contributed by atoms with Crippen LogP contribution in [0.25, 0.3) is 22.5 Å². The minimum atomic E-state index is -0.365. The Morgan fingerprint density at radius 3 is 2.25 bits per heavy atom. The summed E-state index contributed by atoms with van der Waals surface area (Å²) in [5.74, 6) is -0.0596. The maximum atomic E-state index is 13.6. The summed E-state index contributed by atoms with van der Waals surface area (Å²) >= 11 is 0. The minimum Gasteiger partial charge on any atom is -0.338 e. The molecule has 10 heteroatoms. The van der Waals surface area contributed by atoms with E-state index in [0.29, 0.717) is 36.0 Å². The lowest BCUT2D eigenvalue weighted by molar-refractivity contribution is 0.237. The lowest BCUT2D eigenvalue weighted by Crippen LogP contribution is -2.57. The Kier molecular flexibility index (Phi) is 6.02. The topological polar surface area (TPSA) is 95.4 Å². The van der Waals surface area contributed by atoms with Crippen LogP contribution in [0.2, 0.25) is 0 Å². The van der Waals surface area contributed by atoms with Crippen LogP contribution in [0.5, 0.6) is 0 Å². The lowest BCUT2D eigenvalue weighted by atomic mass is 10.1. The molecule has 3 heterocycles. The van der Waals surface area contributed by atoms with Crippen molar-refractivity contribution >= 4 is 18.0 Å². The first-order valence-electron chi connectivity index (χ1n) is 10.4. The molecule has 1 aliphatic heterocycles. The molecule has 4 amide bonds. The molecule has 0 radical (unpaired) electrons. The molecule has 166 valence electrons. The predicted molar refractivity (Wildman–Crippen MR) is 119 cm³/mol. The van der Waals surface area contributed by atoms with Gasteiger partial charge in [0, 0.05) is 36.6 Å². The number of carbonyl (C=O) groups excluding carboxylic acids is 2. The van der Waals surface area contributed by atoms with Gasteiger partial charge in [-0.1, -0.05) is 0 Å². The van der Waals surface area contributed by atoms with Gasteiger partial charge in [-0.3, -0.25) is 9.88 Å². The number of urea groups is 2. The molecule has 0 spiro atoms. The van der Waals surface area contributed by atoms with Gasteiger partial charge in [0.2, 0.25) is 5.95 Å². The fourth-order valence-corrected chi connectivity index (χ4v) is 3.65. The number of aromatic nitrogens is 3. The lowest BCUT2D eigenvalue weighted by Gasteiger charge is -2.36. The van der Waals surface area contributed by atoms with Gasteiger partial charge >= 0.3 is 12.1 Å². The SMILES string of the molecule is CCNC(=O)N1CCN(C(=O)NCC)n2c1nc(-c1ccc(F)cc1)c2-c1ccncc1. The first kappa shape index (κ1) is 21.3. The van der Waals surface area contributed by atoms with Gasteiger partial charge < -0.3 is 10.6 Å². The van der Waals surface area contributed by atoms with E-state index in [0.717, 1.165) is 5.56 Å². The van der Waals surface area contributed by atoms with Gasteiger partial charge in [-0.15, -0.1) is 0 Å². The van der Waals surface area contributed by atoms with Crippen LogP contribution in [-0.4, -0.2) is 52.9 Å². The number of pyridine rings is 1. The van der Waals surface area contributed by atoms with E-state index in [1.165, 1.54) is 22.0 Å². The predicted octanol–water partition coefficient (Wildman–Crippen LogP) is 2.97. The molecule has 4 rings (SSSR count). The van der Waals surface area contributed by atoms with E-state index in [2.05, 4.69) is 15.6 Å². The van der Waals surface area contributed by atoms with Crippen molar-refractivity contribution in [3.05, 3.63) is 54.6 Å². The maximum absolute atomic E-state index is 13.6. The minimum absolute atomic E-state index is 0.271. The molecule has 3 aromatic rings. The Balaban J connectivity index is 1.98. The number of fused-ring (bicyclic) bond motifs is 1. The summed E-state index contributed by atoms with van der Waals surface area (Å²) in [6.07, 6.45) is 3.29. The van der Waals surface area contributed by atoms with Gasteiger partial charge in [0.25, 0.3) is 0 Å². The smallest absolute Gasteiger partial charge is 0.336 e. The van der Waals surface area contributed by atoms with Gasteiger partial charge in [-0.05, 0) is 50.2 Å². The van der Waals surface area contributed by atoms with E-state index < -0.39 is 0 Å². The van der Waals surface area contributed by atoms with Crippen molar-refractivity contribution in [3.63, 3.8) is 0 Å². The highest BCUT2D eigenvalue weighted by molar-refractivity contribution is 5.96. The van der Waals surface area contributed by atoms with Crippen LogP contribution in [0.3, 0.4) is 0 Å².